The van der Waals surface area contributed by atoms with Crippen molar-refractivity contribution in [2.24, 2.45) is 0 Å². The molecule has 2 aromatic rings. The molecular weight excluding hydrogens is 408 g/mol. The normalized spacial score (nSPS) is 16.7. The summed E-state index contributed by atoms with van der Waals surface area (Å²) in [5.41, 5.74) is 1.13. The average molecular weight is 441 g/mol. The minimum absolute atomic E-state index is 0.524. The summed E-state index contributed by atoms with van der Waals surface area (Å²) in [6.07, 6.45) is 7.46. The van der Waals surface area contributed by atoms with Gasteiger partial charge in [-0.1, -0.05) is 25.0 Å². The van der Waals surface area contributed by atoms with Crippen molar-refractivity contribution in [2.75, 3.05) is 48.4 Å². The van der Waals surface area contributed by atoms with E-state index in [2.05, 4.69) is 26.5 Å². The summed E-state index contributed by atoms with van der Waals surface area (Å²) in [6, 6.07) is 10.1. The summed E-state index contributed by atoms with van der Waals surface area (Å²) in [6.45, 7) is 4.83. The fraction of sp³-hybridized carbons (Fsp3) is 0.522. The summed E-state index contributed by atoms with van der Waals surface area (Å²) in [5, 5.41) is 6.99. The van der Waals surface area contributed by atoms with Crippen LogP contribution in [0.15, 0.2) is 30.3 Å². The molecule has 2 aliphatic rings. The first-order valence-corrected chi connectivity index (χ1v) is 11.7. The van der Waals surface area contributed by atoms with E-state index in [1.165, 1.54) is 38.5 Å². The molecule has 0 atom stereocenters. The molecular formula is C23H32N6OS. The largest absolute Gasteiger partial charge is 0.497 e. The van der Waals surface area contributed by atoms with Crippen molar-refractivity contribution in [2.45, 2.75) is 45.1 Å². The second-order valence-electron chi connectivity index (χ2n) is 8.16. The summed E-state index contributed by atoms with van der Waals surface area (Å²) in [4.78, 5) is 14.4. The monoisotopic (exact) mass is 440 g/mol. The second kappa shape index (κ2) is 10.6. The van der Waals surface area contributed by atoms with Gasteiger partial charge < -0.3 is 25.2 Å². The van der Waals surface area contributed by atoms with E-state index in [0.29, 0.717) is 17.6 Å². The zero-order valence-electron chi connectivity index (χ0n) is 18.3. The van der Waals surface area contributed by atoms with Crippen molar-refractivity contribution in [3.05, 3.63) is 35.9 Å². The van der Waals surface area contributed by atoms with Gasteiger partial charge in [0, 0.05) is 38.8 Å². The first-order chi connectivity index (χ1) is 15.2. The van der Waals surface area contributed by atoms with Gasteiger partial charge in [-0.2, -0.15) is 9.97 Å². The molecule has 4 rings (SSSR count). The third-order valence-corrected chi connectivity index (χ3v) is 6.14. The number of methoxy groups -OCH3 is 1. The zero-order chi connectivity index (χ0) is 21.5. The summed E-state index contributed by atoms with van der Waals surface area (Å²) in [7, 11) is 1.67. The van der Waals surface area contributed by atoms with Crippen molar-refractivity contribution < 1.29 is 4.74 Å². The van der Waals surface area contributed by atoms with Crippen LogP contribution < -0.4 is 25.2 Å². The number of anilines is 3. The van der Waals surface area contributed by atoms with Gasteiger partial charge in [-0.05, 0) is 55.6 Å². The summed E-state index contributed by atoms with van der Waals surface area (Å²) >= 11 is 5.53. The molecule has 0 saturated carbocycles. The number of aromatic nitrogens is 2. The van der Waals surface area contributed by atoms with E-state index < -0.39 is 0 Å². The van der Waals surface area contributed by atoms with Gasteiger partial charge in [0.15, 0.2) is 5.11 Å². The average Bonchev–Trinajstić information content (AvgIpc) is 3.20. The van der Waals surface area contributed by atoms with Crippen LogP contribution in [-0.2, 0) is 6.54 Å². The van der Waals surface area contributed by atoms with Gasteiger partial charge in [-0.15, -0.1) is 0 Å². The van der Waals surface area contributed by atoms with E-state index in [0.717, 1.165) is 49.1 Å². The van der Waals surface area contributed by atoms with E-state index in [1.54, 1.807) is 7.11 Å². The van der Waals surface area contributed by atoms with Gasteiger partial charge in [-0.3, -0.25) is 0 Å². The fourth-order valence-corrected chi connectivity index (χ4v) is 4.28. The third kappa shape index (κ3) is 5.97. The Morgan fingerprint density at radius 1 is 0.903 bits per heavy atom. The molecule has 2 aliphatic heterocycles. The highest BCUT2D eigenvalue weighted by Gasteiger charge is 2.19. The van der Waals surface area contributed by atoms with Gasteiger partial charge in [0.25, 0.3) is 0 Å². The molecule has 0 bridgehead atoms. The van der Waals surface area contributed by atoms with Crippen molar-refractivity contribution in [1.82, 2.24) is 15.3 Å². The third-order valence-electron chi connectivity index (χ3n) is 5.90. The Bertz CT molecular complexity index is 861. The van der Waals surface area contributed by atoms with Gasteiger partial charge >= 0.3 is 0 Å². The van der Waals surface area contributed by atoms with Crippen molar-refractivity contribution in [1.29, 1.82) is 0 Å². The van der Waals surface area contributed by atoms with Crippen molar-refractivity contribution in [3.8, 4) is 5.75 Å². The lowest BCUT2D eigenvalue weighted by Crippen LogP contribution is -2.30. The predicted molar refractivity (Wildman–Crippen MR) is 130 cm³/mol. The Balaban J connectivity index is 1.45. The van der Waals surface area contributed by atoms with E-state index in [1.807, 2.05) is 24.3 Å². The number of ether oxygens (including phenoxy) is 1. The van der Waals surface area contributed by atoms with Crippen molar-refractivity contribution in [3.63, 3.8) is 0 Å². The highest BCUT2D eigenvalue weighted by Crippen LogP contribution is 2.26. The molecule has 0 aliphatic carbocycles. The number of nitrogens with one attached hydrogen (secondary N) is 2. The zero-order valence-corrected chi connectivity index (χ0v) is 19.1. The summed E-state index contributed by atoms with van der Waals surface area (Å²) < 4.78 is 5.21. The molecule has 0 unspecified atom stereocenters. The lowest BCUT2D eigenvalue weighted by Gasteiger charge is -2.25. The van der Waals surface area contributed by atoms with Crippen LogP contribution in [0.1, 0.15) is 44.1 Å². The molecule has 31 heavy (non-hydrogen) atoms. The molecule has 2 N–H and O–H groups in total. The lowest BCUT2D eigenvalue weighted by molar-refractivity contribution is 0.414. The van der Waals surface area contributed by atoms with Crippen LogP contribution >= 0.6 is 12.2 Å². The van der Waals surface area contributed by atoms with Crippen LogP contribution in [0.25, 0.3) is 0 Å². The van der Waals surface area contributed by atoms with E-state index in [4.69, 9.17) is 26.9 Å². The number of nitrogens with zero attached hydrogens (tertiary/aromatic N) is 4. The molecule has 166 valence electrons. The Labute approximate surface area is 190 Å². The van der Waals surface area contributed by atoms with Gasteiger partial charge in [-0.25, -0.2) is 0 Å². The van der Waals surface area contributed by atoms with Crippen LogP contribution in [0, 0.1) is 0 Å². The number of thiocarbonyl (C=S) groups is 1. The van der Waals surface area contributed by atoms with Crippen LogP contribution in [0.2, 0.25) is 0 Å². The molecule has 7 nitrogen and oxygen atoms in total. The Kier molecular flexibility index (Phi) is 7.40. The molecule has 0 radical (unpaired) electrons. The van der Waals surface area contributed by atoms with Crippen LogP contribution in [0.4, 0.5) is 17.6 Å². The van der Waals surface area contributed by atoms with E-state index >= 15 is 0 Å². The standard InChI is InChI=1S/C23H32N6OS/c1-30-19-10-8-18(9-11-19)17-24-23(31)27-22-25-20(28-12-4-2-3-5-13-28)16-21(26-22)29-14-6-7-15-29/h8-11,16H,2-7,12-15,17H2,1H3,(H2,24,25,26,27,31). The van der Waals surface area contributed by atoms with Gasteiger partial charge in [0.05, 0.1) is 7.11 Å². The van der Waals surface area contributed by atoms with Gasteiger partial charge in [0.1, 0.15) is 17.4 Å². The topological polar surface area (TPSA) is 65.6 Å². The molecule has 1 aromatic heterocycles. The smallest absolute Gasteiger partial charge is 0.232 e. The molecule has 2 fully saturated rings. The number of hydrogen-bond acceptors (Lipinski definition) is 6. The lowest BCUT2D eigenvalue weighted by atomic mass is 10.2. The quantitative estimate of drug-likeness (QED) is 0.655. The molecule has 3 heterocycles. The Morgan fingerprint density at radius 3 is 2.00 bits per heavy atom. The molecule has 8 heteroatoms. The highest BCUT2D eigenvalue weighted by molar-refractivity contribution is 7.80. The van der Waals surface area contributed by atoms with E-state index in [9.17, 15) is 0 Å². The van der Waals surface area contributed by atoms with E-state index in [-0.39, 0.29) is 0 Å². The number of benzene rings is 1. The molecule has 0 amide bonds. The van der Waals surface area contributed by atoms with Crippen molar-refractivity contribution >= 4 is 34.9 Å². The number of hydrogen-bond donors (Lipinski definition) is 2. The fourth-order valence-electron chi connectivity index (χ4n) is 4.12. The van der Waals surface area contributed by atoms with Crippen LogP contribution in [0.5, 0.6) is 5.75 Å². The highest BCUT2D eigenvalue weighted by atomic mass is 32.1. The van der Waals surface area contributed by atoms with Crippen LogP contribution in [-0.4, -0.2) is 48.4 Å². The Morgan fingerprint density at radius 2 is 1.45 bits per heavy atom. The number of rotatable bonds is 6. The molecule has 1 aromatic carbocycles. The second-order valence-corrected chi connectivity index (χ2v) is 8.57. The van der Waals surface area contributed by atoms with Gasteiger partial charge in [0.2, 0.25) is 5.95 Å². The summed E-state index contributed by atoms with van der Waals surface area (Å²) in [5.74, 6) is 3.40. The SMILES string of the molecule is COc1ccc(CNC(=S)Nc2nc(N3CCCCCC3)cc(N3CCCC3)n2)cc1. The first-order valence-electron chi connectivity index (χ1n) is 11.3. The molecule has 2 saturated heterocycles. The molecule has 0 spiro atoms. The maximum atomic E-state index is 5.53. The maximum absolute atomic E-state index is 5.53. The first kappa shape index (κ1) is 21.6. The maximum Gasteiger partial charge on any atom is 0.232 e. The Hall–Kier alpha value is -2.61. The minimum Gasteiger partial charge on any atom is -0.497 e. The van der Waals surface area contributed by atoms with Crippen LogP contribution in [0.3, 0.4) is 0 Å². The minimum atomic E-state index is 0.524. The predicted octanol–water partition coefficient (Wildman–Crippen LogP) is 3.95.